The number of hydrogen-bond acceptors (Lipinski definition) is 3. The van der Waals surface area contributed by atoms with E-state index < -0.39 is 0 Å². The second kappa shape index (κ2) is 5.52. The molecule has 0 aliphatic carbocycles. The summed E-state index contributed by atoms with van der Waals surface area (Å²) in [7, 11) is 0. The van der Waals surface area contributed by atoms with Crippen molar-refractivity contribution < 1.29 is 4.79 Å². The van der Waals surface area contributed by atoms with Crippen molar-refractivity contribution in [2.75, 3.05) is 26.2 Å². The average Bonchev–Trinajstić information content (AvgIpc) is 2.73. The van der Waals surface area contributed by atoms with Crippen molar-refractivity contribution in [3.63, 3.8) is 0 Å². The van der Waals surface area contributed by atoms with E-state index in [0.717, 1.165) is 35.4 Å². The molecule has 2 rings (SSSR count). The minimum atomic E-state index is 0.00558. The zero-order chi connectivity index (χ0) is 11.4. The molecule has 1 aromatic heterocycles. The lowest BCUT2D eigenvalue weighted by molar-refractivity contribution is 0.190. The highest BCUT2D eigenvalue weighted by atomic mass is 35.5. The first-order valence-electron chi connectivity index (χ1n) is 5.23. The first-order valence-corrected chi connectivity index (χ1v) is 6.43. The number of amides is 2. The van der Waals surface area contributed by atoms with Crippen molar-refractivity contribution in [3.05, 3.63) is 21.3 Å². The quantitative estimate of drug-likeness (QED) is 0.846. The van der Waals surface area contributed by atoms with Crippen LogP contribution in [0.3, 0.4) is 0 Å². The van der Waals surface area contributed by atoms with Crippen LogP contribution in [0.25, 0.3) is 0 Å². The normalized spacial score (nSPS) is 16.2. The number of urea groups is 1. The summed E-state index contributed by atoms with van der Waals surface area (Å²) >= 11 is 7.31. The highest BCUT2D eigenvalue weighted by Gasteiger charge is 2.15. The van der Waals surface area contributed by atoms with Crippen LogP contribution in [0, 0.1) is 0 Å². The third-order valence-corrected chi connectivity index (χ3v) is 3.68. The predicted molar refractivity (Wildman–Crippen MR) is 66.0 cm³/mol. The summed E-state index contributed by atoms with van der Waals surface area (Å²) in [5.41, 5.74) is 0. The van der Waals surface area contributed by atoms with E-state index >= 15 is 0 Å². The Labute approximate surface area is 104 Å². The zero-order valence-corrected chi connectivity index (χ0v) is 10.4. The Morgan fingerprint density at radius 1 is 1.50 bits per heavy atom. The van der Waals surface area contributed by atoms with Crippen LogP contribution in [0.2, 0.25) is 4.34 Å². The molecule has 0 atom stereocenters. The first kappa shape index (κ1) is 11.7. The van der Waals surface area contributed by atoms with Crippen molar-refractivity contribution in [1.29, 1.82) is 0 Å². The van der Waals surface area contributed by atoms with Crippen molar-refractivity contribution >= 4 is 29.0 Å². The summed E-state index contributed by atoms with van der Waals surface area (Å²) in [5.74, 6) is 0. The molecule has 0 spiro atoms. The van der Waals surface area contributed by atoms with Crippen LogP contribution in [-0.4, -0.2) is 37.1 Å². The molecule has 2 N–H and O–H groups in total. The molecule has 88 valence electrons. The second-order valence-corrected chi connectivity index (χ2v) is 5.40. The second-order valence-electron chi connectivity index (χ2n) is 3.60. The van der Waals surface area contributed by atoms with E-state index in [9.17, 15) is 4.79 Å². The van der Waals surface area contributed by atoms with Crippen LogP contribution in [0.15, 0.2) is 12.1 Å². The molecular weight excluding hydrogens is 246 g/mol. The fraction of sp³-hybridized carbons (Fsp3) is 0.500. The van der Waals surface area contributed by atoms with Gasteiger partial charge in [0.05, 0.1) is 10.9 Å². The first-order chi connectivity index (χ1) is 7.75. The van der Waals surface area contributed by atoms with Gasteiger partial charge in [0.25, 0.3) is 0 Å². The number of nitrogens with one attached hydrogen (secondary N) is 2. The summed E-state index contributed by atoms with van der Waals surface area (Å²) in [6, 6.07) is 3.79. The molecule has 1 fully saturated rings. The Morgan fingerprint density at radius 2 is 2.25 bits per heavy atom. The highest BCUT2D eigenvalue weighted by molar-refractivity contribution is 7.16. The molecule has 1 saturated heterocycles. The van der Waals surface area contributed by atoms with E-state index in [1.807, 2.05) is 17.0 Å². The van der Waals surface area contributed by atoms with E-state index in [1.165, 1.54) is 11.3 Å². The summed E-state index contributed by atoms with van der Waals surface area (Å²) < 4.78 is 0.756. The number of carbonyl (C=O) groups is 1. The van der Waals surface area contributed by atoms with Gasteiger partial charge in [-0.25, -0.2) is 4.79 Å². The Bertz CT molecular complexity index is 363. The van der Waals surface area contributed by atoms with Crippen molar-refractivity contribution in [3.8, 4) is 0 Å². The standard InChI is InChI=1S/C10H14ClN3OS/c11-9-2-1-8(16-9)7-13-10(15)14-5-3-12-4-6-14/h1-2,12H,3-7H2,(H,13,15). The van der Waals surface area contributed by atoms with Crippen LogP contribution < -0.4 is 10.6 Å². The maximum Gasteiger partial charge on any atom is 0.317 e. The number of halogens is 1. The Kier molecular flexibility index (Phi) is 4.04. The number of thiophene rings is 1. The van der Waals surface area contributed by atoms with Gasteiger partial charge in [-0.15, -0.1) is 11.3 Å². The molecular formula is C10H14ClN3OS. The highest BCUT2D eigenvalue weighted by Crippen LogP contribution is 2.20. The van der Waals surface area contributed by atoms with Gasteiger partial charge < -0.3 is 15.5 Å². The molecule has 2 amide bonds. The largest absolute Gasteiger partial charge is 0.333 e. The number of piperazine rings is 1. The fourth-order valence-electron chi connectivity index (χ4n) is 1.59. The Hall–Kier alpha value is -0.780. The third-order valence-electron chi connectivity index (χ3n) is 2.45. The lowest BCUT2D eigenvalue weighted by Crippen LogP contribution is -2.49. The summed E-state index contributed by atoms with van der Waals surface area (Å²) in [6.45, 7) is 3.85. The third kappa shape index (κ3) is 3.10. The van der Waals surface area contributed by atoms with Gasteiger partial charge in [0.2, 0.25) is 0 Å². The van der Waals surface area contributed by atoms with Crippen molar-refractivity contribution in [2.45, 2.75) is 6.54 Å². The van der Waals surface area contributed by atoms with Crippen LogP contribution in [-0.2, 0) is 6.54 Å². The van der Waals surface area contributed by atoms with Crippen LogP contribution in [0.4, 0.5) is 4.79 Å². The molecule has 1 aliphatic heterocycles. The van der Waals surface area contributed by atoms with Crippen LogP contribution >= 0.6 is 22.9 Å². The average molecular weight is 260 g/mol. The van der Waals surface area contributed by atoms with E-state index in [2.05, 4.69) is 10.6 Å². The molecule has 0 bridgehead atoms. The topological polar surface area (TPSA) is 44.4 Å². The van der Waals surface area contributed by atoms with Crippen molar-refractivity contribution in [2.24, 2.45) is 0 Å². The maximum absolute atomic E-state index is 11.7. The Balaban J connectivity index is 1.78. The van der Waals surface area contributed by atoms with Gasteiger partial charge in [-0.2, -0.15) is 0 Å². The molecule has 0 radical (unpaired) electrons. The number of carbonyl (C=O) groups excluding carboxylic acids is 1. The van der Waals surface area contributed by atoms with E-state index in [1.54, 1.807) is 0 Å². The number of hydrogen-bond donors (Lipinski definition) is 2. The molecule has 0 unspecified atom stereocenters. The monoisotopic (exact) mass is 259 g/mol. The van der Waals surface area contributed by atoms with Gasteiger partial charge in [0.1, 0.15) is 0 Å². The molecule has 1 aromatic rings. The van der Waals surface area contributed by atoms with Gasteiger partial charge in [0.15, 0.2) is 0 Å². The lowest BCUT2D eigenvalue weighted by Gasteiger charge is -2.27. The molecule has 0 saturated carbocycles. The number of nitrogens with zero attached hydrogens (tertiary/aromatic N) is 1. The zero-order valence-electron chi connectivity index (χ0n) is 8.83. The minimum Gasteiger partial charge on any atom is -0.333 e. The summed E-state index contributed by atoms with van der Waals surface area (Å²) in [4.78, 5) is 14.6. The molecule has 1 aliphatic rings. The number of rotatable bonds is 2. The van der Waals surface area contributed by atoms with E-state index in [-0.39, 0.29) is 6.03 Å². The summed E-state index contributed by atoms with van der Waals surface area (Å²) in [5, 5.41) is 6.10. The molecule has 6 heteroatoms. The van der Waals surface area contributed by atoms with E-state index in [0.29, 0.717) is 6.54 Å². The van der Waals surface area contributed by atoms with Crippen molar-refractivity contribution in [1.82, 2.24) is 15.5 Å². The van der Waals surface area contributed by atoms with Gasteiger partial charge in [-0.3, -0.25) is 0 Å². The van der Waals surface area contributed by atoms with Gasteiger partial charge in [-0.05, 0) is 12.1 Å². The molecule has 0 aromatic carbocycles. The molecule has 2 heterocycles. The predicted octanol–water partition coefficient (Wildman–Crippen LogP) is 1.52. The van der Waals surface area contributed by atoms with Gasteiger partial charge in [-0.1, -0.05) is 11.6 Å². The lowest BCUT2D eigenvalue weighted by atomic mass is 10.4. The molecule has 16 heavy (non-hydrogen) atoms. The SMILES string of the molecule is O=C(NCc1ccc(Cl)s1)N1CCNCC1. The van der Waals surface area contributed by atoms with Crippen LogP contribution in [0.1, 0.15) is 4.88 Å². The fourth-order valence-corrected chi connectivity index (χ4v) is 2.62. The maximum atomic E-state index is 11.7. The van der Waals surface area contributed by atoms with E-state index in [4.69, 9.17) is 11.6 Å². The smallest absolute Gasteiger partial charge is 0.317 e. The van der Waals surface area contributed by atoms with Gasteiger partial charge >= 0.3 is 6.03 Å². The summed E-state index contributed by atoms with van der Waals surface area (Å²) in [6.07, 6.45) is 0. The van der Waals surface area contributed by atoms with Crippen LogP contribution in [0.5, 0.6) is 0 Å². The molecule has 4 nitrogen and oxygen atoms in total. The Morgan fingerprint density at radius 3 is 2.88 bits per heavy atom. The minimum absolute atomic E-state index is 0.00558. The van der Waals surface area contributed by atoms with Gasteiger partial charge in [0, 0.05) is 31.1 Å².